The van der Waals surface area contributed by atoms with E-state index in [4.69, 9.17) is 11.5 Å². The second-order valence-electron chi connectivity index (χ2n) is 7.47. The smallest absolute Gasteiger partial charge is 0.252 e. The second kappa shape index (κ2) is 8.11. The molecule has 156 valence electrons. The Morgan fingerprint density at radius 1 is 1.20 bits per heavy atom. The first kappa shape index (κ1) is 19.8. The number of primary amides is 1. The van der Waals surface area contributed by atoms with E-state index >= 15 is 0 Å². The van der Waals surface area contributed by atoms with Crippen LogP contribution in [0.4, 0.5) is 21.7 Å². The number of fused-ring (bicyclic) bond motifs is 1. The predicted octanol–water partition coefficient (Wildman–Crippen LogP) is 3.00. The number of hydrogen-bond donors (Lipinski definition) is 5. The van der Waals surface area contributed by atoms with E-state index < -0.39 is 11.7 Å². The lowest BCUT2D eigenvalue weighted by Crippen LogP contribution is -2.43. The number of carbonyl (C=O) groups excluding carboxylic acids is 1. The third-order valence-corrected chi connectivity index (χ3v) is 5.33. The summed E-state index contributed by atoms with van der Waals surface area (Å²) >= 11 is 0. The molecule has 1 aliphatic carbocycles. The van der Waals surface area contributed by atoms with Crippen LogP contribution < -0.4 is 22.1 Å². The summed E-state index contributed by atoms with van der Waals surface area (Å²) in [5.74, 6) is -1.46. The molecular formula is C21H23FN6O2. The third-order valence-electron chi connectivity index (χ3n) is 5.33. The highest BCUT2D eigenvalue weighted by molar-refractivity contribution is 5.99. The number of carbonyl (C=O) groups is 1. The van der Waals surface area contributed by atoms with Crippen LogP contribution in [0.15, 0.2) is 36.5 Å². The van der Waals surface area contributed by atoms with Crippen molar-refractivity contribution < 1.29 is 14.3 Å². The van der Waals surface area contributed by atoms with Crippen molar-refractivity contribution >= 4 is 34.1 Å². The van der Waals surface area contributed by atoms with Gasteiger partial charge in [-0.3, -0.25) is 9.78 Å². The Balaban J connectivity index is 1.70. The Morgan fingerprint density at radius 3 is 2.77 bits per heavy atom. The van der Waals surface area contributed by atoms with Crippen LogP contribution in [0.5, 0.6) is 5.75 Å². The first-order valence-corrected chi connectivity index (χ1v) is 9.79. The highest BCUT2D eigenvalue weighted by Crippen LogP contribution is 2.31. The number of amides is 1. The van der Waals surface area contributed by atoms with Gasteiger partial charge < -0.3 is 27.2 Å². The molecule has 4 rings (SSSR count). The molecule has 0 bridgehead atoms. The number of rotatable bonds is 5. The number of anilines is 3. The topological polar surface area (TPSA) is 139 Å². The number of pyridine rings is 2. The average Bonchev–Trinajstić information content (AvgIpc) is 2.71. The van der Waals surface area contributed by atoms with E-state index in [1.165, 1.54) is 6.07 Å². The van der Waals surface area contributed by atoms with Crippen molar-refractivity contribution in [3.63, 3.8) is 0 Å². The fourth-order valence-electron chi connectivity index (χ4n) is 3.77. The zero-order valence-corrected chi connectivity index (χ0v) is 16.2. The number of benzene rings is 1. The lowest BCUT2D eigenvalue weighted by Gasteiger charge is -2.30. The van der Waals surface area contributed by atoms with Crippen LogP contribution in [0.3, 0.4) is 0 Å². The van der Waals surface area contributed by atoms with Crippen molar-refractivity contribution in [3.05, 3.63) is 47.9 Å². The van der Waals surface area contributed by atoms with E-state index in [2.05, 4.69) is 20.6 Å². The number of phenols is 1. The van der Waals surface area contributed by atoms with E-state index in [1.54, 1.807) is 24.4 Å². The molecule has 0 saturated heterocycles. The highest BCUT2D eigenvalue weighted by atomic mass is 19.1. The minimum absolute atomic E-state index is 0.00322. The molecular weight excluding hydrogens is 387 g/mol. The van der Waals surface area contributed by atoms with Gasteiger partial charge in [-0.15, -0.1) is 0 Å². The number of aromatic hydroxyl groups is 1. The van der Waals surface area contributed by atoms with E-state index in [1.807, 2.05) is 0 Å². The Labute approximate surface area is 172 Å². The third kappa shape index (κ3) is 3.97. The molecule has 0 radical (unpaired) electrons. The minimum Gasteiger partial charge on any atom is -0.506 e. The fraction of sp³-hybridized carbons (Fsp3) is 0.286. The summed E-state index contributed by atoms with van der Waals surface area (Å²) in [6.45, 7) is 0. The van der Waals surface area contributed by atoms with Gasteiger partial charge in [-0.05, 0) is 31.0 Å². The van der Waals surface area contributed by atoms with E-state index in [0.717, 1.165) is 31.7 Å². The van der Waals surface area contributed by atoms with Crippen molar-refractivity contribution in [3.8, 4) is 5.75 Å². The van der Waals surface area contributed by atoms with Crippen molar-refractivity contribution in [1.29, 1.82) is 0 Å². The van der Waals surface area contributed by atoms with Gasteiger partial charge in [0.15, 0.2) is 11.6 Å². The Hall–Kier alpha value is -3.46. The van der Waals surface area contributed by atoms with E-state index in [-0.39, 0.29) is 35.0 Å². The summed E-state index contributed by atoms with van der Waals surface area (Å²) in [7, 11) is 0. The molecule has 30 heavy (non-hydrogen) atoms. The van der Waals surface area contributed by atoms with Crippen LogP contribution in [0.1, 0.15) is 36.0 Å². The molecule has 8 nitrogen and oxygen atoms in total. The van der Waals surface area contributed by atoms with E-state index in [0.29, 0.717) is 16.6 Å². The van der Waals surface area contributed by atoms with Gasteiger partial charge in [0.2, 0.25) is 0 Å². The monoisotopic (exact) mass is 410 g/mol. The number of nitrogens with one attached hydrogen (secondary N) is 2. The minimum atomic E-state index is -0.823. The molecule has 0 spiro atoms. The van der Waals surface area contributed by atoms with Gasteiger partial charge in [0.1, 0.15) is 17.1 Å². The lowest BCUT2D eigenvalue weighted by atomic mass is 9.91. The number of hydrogen-bond acceptors (Lipinski definition) is 7. The largest absolute Gasteiger partial charge is 0.506 e. The maximum Gasteiger partial charge on any atom is 0.252 e. The molecule has 1 saturated carbocycles. The normalized spacial score (nSPS) is 18.9. The van der Waals surface area contributed by atoms with Crippen molar-refractivity contribution in [2.45, 2.75) is 37.8 Å². The number of halogens is 1. The number of nitrogens with zero attached hydrogens (tertiary/aromatic N) is 2. The van der Waals surface area contributed by atoms with Gasteiger partial charge in [-0.25, -0.2) is 9.37 Å². The predicted molar refractivity (Wildman–Crippen MR) is 113 cm³/mol. The molecule has 1 fully saturated rings. The molecule has 1 amide bonds. The van der Waals surface area contributed by atoms with Crippen LogP contribution in [-0.2, 0) is 0 Å². The first-order chi connectivity index (χ1) is 14.4. The SMILES string of the molecule is NC(=O)c1cc(F)c(N[C@H]2CCCC[C@H]2N)nc1Nc1cc(O)c2ncccc2c1. The summed E-state index contributed by atoms with van der Waals surface area (Å²) in [6, 6.07) is 7.57. The Morgan fingerprint density at radius 2 is 2.00 bits per heavy atom. The molecule has 0 aliphatic heterocycles. The summed E-state index contributed by atoms with van der Waals surface area (Å²) in [4.78, 5) is 20.3. The second-order valence-corrected chi connectivity index (χ2v) is 7.47. The van der Waals surface area contributed by atoms with Crippen LogP contribution in [-0.4, -0.2) is 33.1 Å². The highest BCUT2D eigenvalue weighted by Gasteiger charge is 2.24. The first-order valence-electron chi connectivity index (χ1n) is 9.79. The van der Waals surface area contributed by atoms with Crippen molar-refractivity contribution in [1.82, 2.24) is 9.97 Å². The summed E-state index contributed by atoms with van der Waals surface area (Å²) in [5, 5.41) is 17.0. The molecule has 3 aromatic rings. The molecule has 2 atom stereocenters. The van der Waals surface area contributed by atoms with Crippen molar-refractivity contribution in [2.24, 2.45) is 11.5 Å². The molecule has 2 heterocycles. The zero-order valence-electron chi connectivity index (χ0n) is 16.2. The van der Waals surface area contributed by atoms with Crippen LogP contribution in [0.2, 0.25) is 0 Å². The molecule has 1 aromatic carbocycles. The molecule has 0 unspecified atom stereocenters. The maximum atomic E-state index is 14.6. The molecule has 7 N–H and O–H groups in total. The van der Waals surface area contributed by atoms with Gasteiger partial charge in [0.05, 0.1) is 5.56 Å². The molecule has 9 heteroatoms. The standard InChI is InChI=1S/C21H23FN6O2/c22-14-10-13(19(24)30)20(28-21(14)27-16-6-2-1-5-15(16)23)26-12-8-11-4-3-7-25-18(11)17(29)9-12/h3-4,7-10,15-16,29H,1-2,5-6,23H2,(H2,24,30)(H2,26,27,28)/t15-,16+/m1/s1. The van der Waals surface area contributed by atoms with Crippen LogP contribution >= 0.6 is 0 Å². The van der Waals surface area contributed by atoms with E-state index in [9.17, 15) is 14.3 Å². The number of aromatic nitrogens is 2. The van der Waals surface area contributed by atoms with Crippen molar-refractivity contribution in [2.75, 3.05) is 10.6 Å². The van der Waals surface area contributed by atoms with Gasteiger partial charge in [-0.2, -0.15) is 0 Å². The summed E-state index contributed by atoms with van der Waals surface area (Å²) in [6.07, 6.45) is 5.29. The lowest BCUT2D eigenvalue weighted by molar-refractivity contribution is 0.100. The maximum absolute atomic E-state index is 14.6. The quantitative estimate of drug-likeness (QED) is 0.436. The zero-order chi connectivity index (χ0) is 21.3. The Kier molecular flexibility index (Phi) is 5.37. The van der Waals surface area contributed by atoms with Gasteiger partial charge in [0, 0.05) is 35.4 Å². The van der Waals surface area contributed by atoms with Crippen LogP contribution in [0, 0.1) is 5.82 Å². The molecule has 1 aliphatic rings. The van der Waals surface area contributed by atoms with Gasteiger partial charge >= 0.3 is 0 Å². The Bertz CT molecular complexity index is 1110. The molecule has 2 aromatic heterocycles. The van der Waals surface area contributed by atoms with Crippen LogP contribution in [0.25, 0.3) is 10.9 Å². The van der Waals surface area contributed by atoms with Gasteiger partial charge in [0.25, 0.3) is 5.91 Å². The average molecular weight is 410 g/mol. The fourth-order valence-corrected chi connectivity index (χ4v) is 3.77. The van der Waals surface area contributed by atoms with Gasteiger partial charge in [-0.1, -0.05) is 18.9 Å². The summed E-state index contributed by atoms with van der Waals surface area (Å²) < 4.78 is 14.6. The number of nitrogens with two attached hydrogens (primary N) is 2. The number of phenolic OH excluding ortho intramolecular Hbond substituents is 1. The summed E-state index contributed by atoms with van der Waals surface area (Å²) in [5.41, 5.74) is 12.4.